The minimum atomic E-state index is 0.551. The molecule has 94 valence electrons. The molecular weight excluding hydrogens is 278 g/mol. The van der Waals surface area contributed by atoms with E-state index in [-0.39, 0.29) is 0 Å². The van der Waals surface area contributed by atoms with Crippen molar-refractivity contribution in [1.29, 1.82) is 0 Å². The van der Waals surface area contributed by atoms with Gasteiger partial charge in [0.25, 0.3) is 0 Å². The summed E-state index contributed by atoms with van der Waals surface area (Å²) >= 11 is 3.46. The Bertz CT molecular complexity index is 360. The summed E-state index contributed by atoms with van der Waals surface area (Å²) in [6, 6.07) is 0. The van der Waals surface area contributed by atoms with Crippen molar-refractivity contribution in [3.05, 3.63) is 16.5 Å². The lowest BCUT2D eigenvalue weighted by Gasteiger charge is -2.19. The molecule has 1 aromatic heterocycles. The van der Waals surface area contributed by atoms with Gasteiger partial charge in [0.1, 0.15) is 11.6 Å². The highest BCUT2D eigenvalue weighted by Crippen LogP contribution is 2.30. The average molecular weight is 298 g/mol. The third-order valence-corrected chi connectivity index (χ3v) is 4.05. The Morgan fingerprint density at radius 2 is 1.82 bits per heavy atom. The van der Waals surface area contributed by atoms with E-state index in [4.69, 9.17) is 0 Å². The number of hydrogen-bond acceptors (Lipinski definition) is 3. The first-order valence-corrected chi connectivity index (χ1v) is 7.30. The zero-order valence-electron chi connectivity index (χ0n) is 10.4. The fraction of sp³-hybridized carbons (Fsp3) is 0.692. The number of nitrogens with zero attached hydrogens (tertiary/aromatic N) is 2. The second-order valence-electron chi connectivity index (χ2n) is 4.72. The third-order valence-electron chi connectivity index (χ3n) is 3.47. The summed E-state index contributed by atoms with van der Waals surface area (Å²) in [6.45, 7) is 0. The molecule has 0 aromatic carbocycles. The topological polar surface area (TPSA) is 37.8 Å². The number of halogens is 1. The van der Waals surface area contributed by atoms with Crippen molar-refractivity contribution in [1.82, 2.24) is 9.97 Å². The van der Waals surface area contributed by atoms with E-state index in [2.05, 4.69) is 31.2 Å². The molecular formula is C13H20BrN3. The van der Waals surface area contributed by atoms with Crippen LogP contribution in [0.2, 0.25) is 0 Å². The molecule has 0 bridgehead atoms. The minimum absolute atomic E-state index is 0.551. The van der Waals surface area contributed by atoms with E-state index in [1.54, 1.807) is 0 Å². The quantitative estimate of drug-likeness (QED) is 0.893. The van der Waals surface area contributed by atoms with E-state index in [0.29, 0.717) is 5.92 Å². The van der Waals surface area contributed by atoms with Crippen LogP contribution < -0.4 is 5.32 Å². The number of anilines is 1. The number of nitrogens with one attached hydrogen (secondary N) is 1. The lowest BCUT2D eigenvalue weighted by atomic mass is 9.90. The van der Waals surface area contributed by atoms with Crippen LogP contribution in [0.1, 0.15) is 56.7 Å². The van der Waals surface area contributed by atoms with Gasteiger partial charge in [-0.05, 0) is 28.8 Å². The zero-order valence-corrected chi connectivity index (χ0v) is 12.0. The summed E-state index contributed by atoms with van der Waals surface area (Å²) in [6.07, 6.45) is 11.1. The van der Waals surface area contributed by atoms with E-state index >= 15 is 0 Å². The highest BCUT2D eigenvalue weighted by molar-refractivity contribution is 9.10. The number of aromatic nitrogens is 2. The van der Waals surface area contributed by atoms with Crippen LogP contribution in [0.5, 0.6) is 0 Å². The first kappa shape index (κ1) is 12.8. The summed E-state index contributed by atoms with van der Waals surface area (Å²) in [5, 5.41) is 3.10. The van der Waals surface area contributed by atoms with Crippen molar-refractivity contribution in [2.75, 3.05) is 12.4 Å². The lowest BCUT2D eigenvalue weighted by Crippen LogP contribution is -2.08. The Morgan fingerprint density at radius 1 is 1.18 bits per heavy atom. The van der Waals surface area contributed by atoms with Crippen molar-refractivity contribution in [3.8, 4) is 0 Å². The maximum atomic E-state index is 4.62. The van der Waals surface area contributed by atoms with E-state index < -0.39 is 0 Å². The van der Waals surface area contributed by atoms with E-state index in [0.717, 1.165) is 16.1 Å². The molecule has 1 N–H and O–H groups in total. The fourth-order valence-electron chi connectivity index (χ4n) is 2.47. The summed E-state index contributed by atoms with van der Waals surface area (Å²) in [5.74, 6) is 2.46. The van der Waals surface area contributed by atoms with Crippen molar-refractivity contribution in [2.24, 2.45) is 0 Å². The summed E-state index contributed by atoms with van der Waals surface area (Å²) in [4.78, 5) is 9.10. The van der Waals surface area contributed by atoms with Gasteiger partial charge < -0.3 is 5.32 Å². The SMILES string of the molecule is CNc1nc(C2CCCCCCC2)ncc1Br. The van der Waals surface area contributed by atoms with E-state index in [1.807, 2.05) is 13.2 Å². The summed E-state index contributed by atoms with van der Waals surface area (Å²) < 4.78 is 0.939. The van der Waals surface area contributed by atoms with Crippen LogP contribution in [0.15, 0.2) is 10.7 Å². The molecule has 1 heterocycles. The molecule has 0 radical (unpaired) electrons. The molecule has 0 atom stereocenters. The smallest absolute Gasteiger partial charge is 0.143 e. The predicted molar refractivity (Wildman–Crippen MR) is 74.3 cm³/mol. The van der Waals surface area contributed by atoms with Crippen LogP contribution in [0.25, 0.3) is 0 Å². The van der Waals surface area contributed by atoms with Crippen LogP contribution in [0, 0.1) is 0 Å². The van der Waals surface area contributed by atoms with Gasteiger partial charge >= 0.3 is 0 Å². The fourth-order valence-corrected chi connectivity index (χ4v) is 2.86. The van der Waals surface area contributed by atoms with Gasteiger partial charge in [0.05, 0.1) is 4.47 Å². The molecule has 1 aliphatic carbocycles. The monoisotopic (exact) mass is 297 g/mol. The van der Waals surface area contributed by atoms with Gasteiger partial charge in [0, 0.05) is 19.2 Å². The standard InChI is InChI=1S/C13H20BrN3/c1-15-13-11(14)9-16-12(17-13)10-7-5-3-2-4-6-8-10/h9-10H,2-8H2,1H3,(H,15,16,17). The Balaban J connectivity index is 2.13. The van der Waals surface area contributed by atoms with Gasteiger partial charge in [-0.2, -0.15) is 0 Å². The van der Waals surface area contributed by atoms with Crippen LogP contribution in [0.3, 0.4) is 0 Å². The largest absolute Gasteiger partial charge is 0.372 e. The normalized spacial score (nSPS) is 18.5. The lowest BCUT2D eigenvalue weighted by molar-refractivity contribution is 0.442. The molecule has 0 amide bonds. The second kappa shape index (κ2) is 6.34. The molecule has 17 heavy (non-hydrogen) atoms. The third kappa shape index (κ3) is 3.41. The Morgan fingerprint density at radius 3 is 2.47 bits per heavy atom. The molecule has 2 rings (SSSR count). The Labute approximate surface area is 112 Å². The second-order valence-corrected chi connectivity index (χ2v) is 5.57. The Kier molecular flexibility index (Phi) is 4.77. The molecule has 0 spiro atoms. The zero-order chi connectivity index (χ0) is 12.1. The van der Waals surface area contributed by atoms with Gasteiger partial charge in [-0.25, -0.2) is 9.97 Å². The van der Waals surface area contributed by atoms with Crippen molar-refractivity contribution in [2.45, 2.75) is 50.9 Å². The maximum Gasteiger partial charge on any atom is 0.143 e. The molecule has 0 unspecified atom stereocenters. The molecule has 0 aliphatic heterocycles. The molecule has 0 saturated heterocycles. The predicted octanol–water partition coefficient (Wildman–Crippen LogP) is 4.11. The number of rotatable bonds is 2. The van der Waals surface area contributed by atoms with Gasteiger partial charge in [0.2, 0.25) is 0 Å². The van der Waals surface area contributed by atoms with Crippen LogP contribution in [-0.4, -0.2) is 17.0 Å². The van der Waals surface area contributed by atoms with Crippen LogP contribution in [0.4, 0.5) is 5.82 Å². The molecule has 1 fully saturated rings. The van der Waals surface area contributed by atoms with Crippen LogP contribution in [-0.2, 0) is 0 Å². The van der Waals surface area contributed by atoms with E-state index in [9.17, 15) is 0 Å². The highest BCUT2D eigenvalue weighted by atomic mass is 79.9. The molecule has 4 heteroatoms. The molecule has 1 aromatic rings. The summed E-state index contributed by atoms with van der Waals surface area (Å²) in [7, 11) is 1.90. The number of hydrogen-bond donors (Lipinski definition) is 1. The molecule has 1 saturated carbocycles. The van der Waals surface area contributed by atoms with E-state index in [1.165, 1.54) is 44.9 Å². The van der Waals surface area contributed by atoms with Crippen molar-refractivity contribution < 1.29 is 0 Å². The first-order valence-electron chi connectivity index (χ1n) is 6.51. The first-order chi connectivity index (χ1) is 8.31. The van der Waals surface area contributed by atoms with Gasteiger partial charge in [-0.3, -0.25) is 0 Å². The van der Waals surface area contributed by atoms with Crippen molar-refractivity contribution >= 4 is 21.7 Å². The molecule has 1 aliphatic rings. The average Bonchev–Trinajstić information content (AvgIpc) is 2.30. The highest BCUT2D eigenvalue weighted by Gasteiger charge is 2.17. The van der Waals surface area contributed by atoms with Gasteiger partial charge in [-0.1, -0.05) is 32.1 Å². The summed E-state index contributed by atoms with van der Waals surface area (Å²) in [5.41, 5.74) is 0. The van der Waals surface area contributed by atoms with Crippen molar-refractivity contribution in [3.63, 3.8) is 0 Å². The minimum Gasteiger partial charge on any atom is -0.372 e. The van der Waals surface area contributed by atoms with Gasteiger partial charge in [0.15, 0.2) is 0 Å². The van der Waals surface area contributed by atoms with Crippen LogP contribution >= 0.6 is 15.9 Å². The molecule has 3 nitrogen and oxygen atoms in total. The maximum absolute atomic E-state index is 4.62. The Hall–Kier alpha value is -0.640. The van der Waals surface area contributed by atoms with Gasteiger partial charge in [-0.15, -0.1) is 0 Å².